The molecule has 1 aromatic carbocycles. The predicted molar refractivity (Wildman–Crippen MR) is 99.3 cm³/mol. The molecule has 2 aromatic rings. The van der Waals surface area contributed by atoms with Crippen LogP contribution < -0.4 is 16.2 Å². The van der Waals surface area contributed by atoms with Crippen LogP contribution in [0, 0.1) is 11.7 Å². The highest BCUT2D eigenvalue weighted by molar-refractivity contribution is 7.80. The molecule has 0 saturated carbocycles. The minimum absolute atomic E-state index is 0.159. The largest absolute Gasteiger partial charge is 0.361 e. The highest BCUT2D eigenvalue weighted by atomic mass is 32.1. The van der Waals surface area contributed by atoms with Crippen LogP contribution in [0.4, 0.5) is 4.39 Å². The lowest BCUT2D eigenvalue weighted by Gasteiger charge is -2.12. The van der Waals surface area contributed by atoms with Crippen molar-refractivity contribution in [2.75, 3.05) is 6.54 Å². The van der Waals surface area contributed by atoms with Gasteiger partial charge in [0.15, 0.2) is 5.11 Å². The fourth-order valence-corrected chi connectivity index (χ4v) is 2.15. The zero-order chi connectivity index (χ0) is 18.9. The summed E-state index contributed by atoms with van der Waals surface area (Å²) in [4.78, 5) is 16.0. The average Bonchev–Trinajstić information content (AvgIpc) is 3.07. The molecule has 0 saturated heterocycles. The molecule has 9 heteroatoms. The summed E-state index contributed by atoms with van der Waals surface area (Å²) < 4.78 is 18.0. The standard InChI is InChI=1S/C17H22FN5O2S/c1-11(2)9-10-19-17(26)22-21-14(24)7-8-15-20-16(23-25-15)12-3-5-13(18)6-4-12/h3-6,11H,7-10H2,1-2H3,(H,21,24)(H2,19,22,26). The maximum Gasteiger partial charge on any atom is 0.238 e. The van der Waals surface area contributed by atoms with Gasteiger partial charge in [0.2, 0.25) is 17.6 Å². The van der Waals surface area contributed by atoms with Gasteiger partial charge in [0.1, 0.15) is 5.82 Å². The van der Waals surface area contributed by atoms with Crippen LogP contribution in [0.5, 0.6) is 0 Å². The van der Waals surface area contributed by atoms with Crippen molar-refractivity contribution in [3.05, 3.63) is 36.0 Å². The Morgan fingerprint density at radius 2 is 2.00 bits per heavy atom. The molecule has 0 spiro atoms. The summed E-state index contributed by atoms with van der Waals surface area (Å²) in [5.74, 6) is 0.679. The monoisotopic (exact) mass is 379 g/mol. The van der Waals surface area contributed by atoms with E-state index in [1.807, 2.05) is 0 Å². The molecule has 7 nitrogen and oxygen atoms in total. The van der Waals surface area contributed by atoms with Gasteiger partial charge in [-0.25, -0.2) is 4.39 Å². The van der Waals surface area contributed by atoms with E-state index in [9.17, 15) is 9.18 Å². The normalized spacial score (nSPS) is 10.6. The van der Waals surface area contributed by atoms with E-state index >= 15 is 0 Å². The summed E-state index contributed by atoms with van der Waals surface area (Å²) in [6.45, 7) is 4.99. The van der Waals surface area contributed by atoms with Crippen molar-refractivity contribution in [2.24, 2.45) is 5.92 Å². The summed E-state index contributed by atoms with van der Waals surface area (Å²) in [7, 11) is 0. The molecule has 1 heterocycles. The predicted octanol–water partition coefficient (Wildman–Crippen LogP) is 2.35. The number of nitrogens with one attached hydrogen (secondary N) is 3. The van der Waals surface area contributed by atoms with Crippen molar-refractivity contribution < 1.29 is 13.7 Å². The van der Waals surface area contributed by atoms with Gasteiger partial charge in [-0.3, -0.25) is 15.6 Å². The molecule has 0 bridgehead atoms. The van der Waals surface area contributed by atoms with E-state index in [-0.39, 0.29) is 24.6 Å². The maximum absolute atomic E-state index is 12.9. The Labute approximate surface area is 156 Å². The molecule has 0 aliphatic carbocycles. The van der Waals surface area contributed by atoms with E-state index in [4.69, 9.17) is 16.7 Å². The molecule has 0 unspecified atom stereocenters. The van der Waals surface area contributed by atoms with Crippen LogP contribution in [-0.2, 0) is 11.2 Å². The fourth-order valence-electron chi connectivity index (χ4n) is 2.00. The van der Waals surface area contributed by atoms with Gasteiger partial charge in [0.05, 0.1) is 0 Å². The minimum Gasteiger partial charge on any atom is -0.361 e. The quantitative estimate of drug-likeness (QED) is 0.502. The molecule has 0 aliphatic heterocycles. The second-order valence-corrected chi connectivity index (χ2v) is 6.54. The third-order valence-electron chi connectivity index (χ3n) is 3.46. The molecule has 2 rings (SSSR count). The first-order valence-electron chi connectivity index (χ1n) is 8.35. The van der Waals surface area contributed by atoms with Gasteiger partial charge in [0, 0.05) is 24.9 Å². The van der Waals surface area contributed by atoms with Crippen LogP contribution in [0.15, 0.2) is 28.8 Å². The number of hydrogen-bond donors (Lipinski definition) is 3. The number of hydrogen-bond acceptors (Lipinski definition) is 5. The van der Waals surface area contributed by atoms with Crippen molar-refractivity contribution in [3.8, 4) is 11.4 Å². The van der Waals surface area contributed by atoms with Crippen molar-refractivity contribution in [2.45, 2.75) is 33.1 Å². The van der Waals surface area contributed by atoms with E-state index < -0.39 is 0 Å². The molecule has 0 aliphatic rings. The maximum atomic E-state index is 12.9. The number of aromatic nitrogens is 2. The molecule has 0 atom stereocenters. The second kappa shape index (κ2) is 9.81. The van der Waals surface area contributed by atoms with E-state index in [1.54, 1.807) is 12.1 Å². The number of carbonyl (C=O) groups excluding carboxylic acids is 1. The highest BCUT2D eigenvalue weighted by Gasteiger charge is 2.11. The topological polar surface area (TPSA) is 92.1 Å². The molecule has 140 valence electrons. The number of aryl methyl sites for hydroxylation is 1. The SMILES string of the molecule is CC(C)CCNC(=S)NNC(=O)CCc1nc(-c2ccc(F)cc2)no1. The van der Waals surface area contributed by atoms with Crippen molar-refractivity contribution >= 4 is 23.2 Å². The van der Waals surface area contributed by atoms with Crippen LogP contribution >= 0.6 is 12.2 Å². The first kappa shape index (κ1) is 19.8. The lowest BCUT2D eigenvalue weighted by molar-refractivity contribution is -0.121. The molecule has 0 radical (unpaired) electrons. The third kappa shape index (κ3) is 6.75. The first-order valence-corrected chi connectivity index (χ1v) is 8.76. The van der Waals surface area contributed by atoms with Crippen molar-refractivity contribution in [1.29, 1.82) is 0 Å². The Morgan fingerprint density at radius 3 is 2.69 bits per heavy atom. The van der Waals surface area contributed by atoms with Gasteiger partial charge < -0.3 is 9.84 Å². The fraction of sp³-hybridized carbons (Fsp3) is 0.412. The van der Waals surface area contributed by atoms with Gasteiger partial charge in [-0.05, 0) is 48.8 Å². The zero-order valence-electron chi connectivity index (χ0n) is 14.7. The Morgan fingerprint density at radius 1 is 1.27 bits per heavy atom. The molecule has 3 N–H and O–H groups in total. The number of benzene rings is 1. The molecule has 1 aromatic heterocycles. The summed E-state index contributed by atoms with van der Waals surface area (Å²) in [5.41, 5.74) is 5.80. The first-order chi connectivity index (χ1) is 12.4. The van der Waals surface area contributed by atoms with Crippen LogP contribution in [0.1, 0.15) is 32.6 Å². The number of thiocarbonyl (C=S) groups is 1. The lowest BCUT2D eigenvalue weighted by Crippen LogP contribution is -2.47. The summed E-state index contributed by atoms with van der Waals surface area (Å²) in [5, 5.41) is 7.21. The van der Waals surface area contributed by atoms with E-state index in [0.29, 0.717) is 28.3 Å². The molecule has 1 amide bonds. The van der Waals surface area contributed by atoms with Crippen molar-refractivity contribution in [3.63, 3.8) is 0 Å². The van der Waals surface area contributed by atoms with Gasteiger partial charge in [-0.1, -0.05) is 19.0 Å². The van der Waals surface area contributed by atoms with Crippen molar-refractivity contribution in [1.82, 2.24) is 26.3 Å². The van der Waals surface area contributed by atoms with Crippen LogP contribution in [0.2, 0.25) is 0 Å². The summed E-state index contributed by atoms with van der Waals surface area (Å²) in [6, 6.07) is 5.77. The van der Waals surface area contributed by atoms with Crippen LogP contribution in [0.25, 0.3) is 11.4 Å². The number of carbonyl (C=O) groups is 1. The number of amides is 1. The van der Waals surface area contributed by atoms with Gasteiger partial charge in [0.25, 0.3) is 0 Å². The Bertz CT molecular complexity index is 733. The number of nitrogens with zero attached hydrogens (tertiary/aromatic N) is 2. The van der Waals surface area contributed by atoms with E-state index in [1.165, 1.54) is 12.1 Å². The molecular weight excluding hydrogens is 357 g/mol. The third-order valence-corrected chi connectivity index (χ3v) is 3.71. The lowest BCUT2D eigenvalue weighted by atomic mass is 10.1. The molecule has 0 fully saturated rings. The van der Waals surface area contributed by atoms with Gasteiger partial charge >= 0.3 is 0 Å². The summed E-state index contributed by atoms with van der Waals surface area (Å²) in [6.07, 6.45) is 1.44. The van der Waals surface area contributed by atoms with Gasteiger partial charge in [-0.2, -0.15) is 4.98 Å². The number of hydrazine groups is 1. The van der Waals surface area contributed by atoms with Gasteiger partial charge in [-0.15, -0.1) is 0 Å². The van der Waals surface area contributed by atoms with E-state index in [0.717, 1.165) is 13.0 Å². The Balaban J connectivity index is 1.71. The number of rotatable bonds is 7. The molecular formula is C17H22FN5O2S. The summed E-state index contributed by atoms with van der Waals surface area (Å²) >= 11 is 5.06. The smallest absolute Gasteiger partial charge is 0.238 e. The highest BCUT2D eigenvalue weighted by Crippen LogP contribution is 2.16. The second-order valence-electron chi connectivity index (χ2n) is 6.13. The average molecular weight is 379 g/mol. The van der Waals surface area contributed by atoms with Crippen LogP contribution in [0.3, 0.4) is 0 Å². The zero-order valence-corrected chi connectivity index (χ0v) is 15.5. The number of halogens is 1. The minimum atomic E-state index is -0.335. The Kier molecular flexibility index (Phi) is 7.46. The molecule has 26 heavy (non-hydrogen) atoms. The van der Waals surface area contributed by atoms with Crippen LogP contribution in [-0.4, -0.2) is 27.7 Å². The van der Waals surface area contributed by atoms with E-state index in [2.05, 4.69) is 40.2 Å². The Hall–Kier alpha value is -2.55.